The fraction of sp³-hybridized carbons (Fsp3) is 0.800. The maximum absolute atomic E-state index is 9.17. The minimum Gasteiger partial charge on any atom is -0.396 e. The number of hydrogen-bond acceptors (Lipinski definition) is 4. The van der Waals surface area contributed by atoms with Gasteiger partial charge in [0.15, 0.2) is 0 Å². The van der Waals surface area contributed by atoms with Crippen LogP contribution in [-0.2, 0) is 6.42 Å². The number of hydrogen-bond donors (Lipinski definition) is 1. The van der Waals surface area contributed by atoms with E-state index in [0.29, 0.717) is 6.04 Å². The van der Waals surface area contributed by atoms with Crippen LogP contribution in [0.1, 0.15) is 50.2 Å². The lowest BCUT2D eigenvalue weighted by molar-refractivity contribution is 0.139. The van der Waals surface area contributed by atoms with Crippen molar-refractivity contribution in [2.24, 2.45) is 5.92 Å². The molecule has 2 atom stereocenters. The molecule has 4 heteroatoms. The first kappa shape index (κ1) is 14.9. The lowest BCUT2D eigenvalue weighted by atomic mass is 9.94. The summed E-state index contributed by atoms with van der Waals surface area (Å²) in [6, 6.07) is 0.657. The number of piperidine rings is 1. The number of rotatable bonds is 5. The van der Waals surface area contributed by atoms with Gasteiger partial charge < -0.3 is 10.0 Å². The van der Waals surface area contributed by atoms with E-state index in [1.165, 1.54) is 30.9 Å². The van der Waals surface area contributed by atoms with Crippen molar-refractivity contribution in [3.8, 4) is 0 Å². The molecule has 3 nitrogen and oxygen atoms in total. The van der Waals surface area contributed by atoms with Crippen molar-refractivity contribution in [1.82, 2.24) is 9.88 Å². The van der Waals surface area contributed by atoms with Gasteiger partial charge in [0.05, 0.1) is 17.3 Å². The van der Waals surface area contributed by atoms with Crippen LogP contribution < -0.4 is 0 Å². The molecule has 1 N–H and O–H groups in total. The Kier molecular flexibility index (Phi) is 5.37. The van der Waals surface area contributed by atoms with E-state index in [9.17, 15) is 5.11 Å². The van der Waals surface area contributed by atoms with Crippen LogP contribution in [0.4, 0.5) is 0 Å². The minimum absolute atomic E-state index is 0.170. The van der Waals surface area contributed by atoms with Gasteiger partial charge in [0.1, 0.15) is 0 Å². The zero-order valence-corrected chi connectivity index (χ0v) is 13.1. The molecule has 0 aliphatic carbocycles. The fourth-order valence-electron chi connectivity index (χ4n) is 2.72. The molecule has 0 aromatic carbocycles. The van der Waals surface area contributed by atoms with E-state index in [4.69, 9.17) is 0 Å². The van der Waals surface area contributed by atoms with E-state index < -0.39 is 0 Å². The highest BCUT2D eigenvalue weighted by molar-refractivity contribution is 7.09. The van der Waals surface area contributed by atoms with Crippen LogP contribution in [0.15, 0.2) is 5.38 Å². The van der Waals surface area contributed by atoms with Crippen LogP contribution in [0.5, 0.6) is 0 Å². The van der Waals surface area contributed by atoms with Gasteiger partial charge in [0.25, 0.3) is 0 Å². The third kappa shape index (κ3) is 4.01. The van der Waals surface area contributed by atoms with Crippen LogP contribution >= 0.6 is 11.3 Å². The Hall–Kier alpha value is -0.450. The monoisotopic (exact) mass is 282 g/mol. The van der Waals surface area contributed by atoms with Gasteiger partial charge in [-0.3, -0.25) is 0 Å². The summed E-state index contributed by atoms with van der Waals surface area (Å²) in [5.74, 6) is 0.920. The number of aliphatic hydroxyl groups excluding tert-OH is 1. The van der Waals surface area contributed by atoms with Crippen LogP contribution in [0.2, 0.25) is 0 Å². The predicted molar refractivity (Wildman–Crippen MR) is 80.8 cm³/mol. The first-order chi connectivity index (χ1) is 9.10. The van der Waals surface area contributed by atoms with Gasteiger partial charge in [0.2, 0.25) is 0 Å². The molecule has 2 unspecified atom stereocenters. The SMILES string of the molecule is CC(CO)c1csc(CC2CCCN(C(C)C)C2)n1. The van der Waals surface area contributed by atoms with Gasteiger partial charge >= 0.3 is 0 Å². The van der Waals surface area contributed by atoms with E-state index >= 15 is 0 Å². The lowest BCUT2D eigenvalue weighted by Crippen LogP contribution is -2.40. The molecule has 0 radical (unpaired) electrons. The Bertz CT molecular complexity index is 391. The molecule has 1 aromatic rings. The third-order valence-corrected chi connectivity index (χ3v) is 4.98. The van der Waals surface area contributed by atoms with Gasteiger partial charge in [-0.15, -0.1) is 11.3 Å². The Labute approximate surface area is 120 Å². The van der Waals surface area contributed by atoms with E-state index in [1.54, 1.807) is 11.3 Å². The fourth-order valence-corrected chi connectivity index (χ4v) is 3.75. The number of aromatic nitrogens is 1. The zero-order chi connectivity index (χ0) is 13.8. The minimum atomic E-state index is 0.170. The molecular weight excluding hydrogens is 256 g/mol. The highest BCUT2D eigenvalue weighted by atomic mass is 32.1. The van der Waals surface area contributed by atoms with Crippen molar-refractivity contribution >= 4 is 11.3 Å². The maximum Gasteiger partial charge on any atom is 0.0931 e. The van der Waals surface area contributed by atoms with Gasteiger partial charge in [-0.25, -0.2) is 4.98 Å². The summed E-state index contributed by atoms with van der Waals surface area (Å²) in [7, 11) is 0. The second-order valence-corrected chi connectivity index (χ2v) is 6.99. The van der Waals surface area contributed by atoms with Crippen LogP contribution in [-0.4, -0.2) is 40.7 Å². The summed E-state index contributed by atoms with van der Waals surface area (Å²) in [6.45, 7) is 9.24. The van der Waals surface area contributed by atoms with E-state index in [2.05, 4.69) is 29.1 Å². The van der Waals surface area contributed by atoms with Crippen LogP contribution in [0.25, 0.3) is 0 Å². The second-order valence-electron chi connectivity index (χ2n) is 6.05. The highest BCUT2D eigenvalue weighted by Crippen LogP contribution is 2.25. The number of thiazole rings is 1. The number of likely N-dealkylation sites (tertiary alicyclic amines) is 1. The van der Waals surface area contributed by atoms with Crippen LogP contribution in [0, 0.1) is 5.92 Å². The molecule has 108 valence electrons. The van der Waals surface area contributed by atoms with Crippen molar-refractivity contribution in [2.75, 3.05) is 19.7 Å². The average molecular weight is 282 g/mol. The summed E-state index contributed by atoms with van der Waals surface area (Å²) in [6.07, 6.45) is 3.74. The molecular formula is C15H26N2OS. The van der Waals surface area contributed by atoms with Crippen molar-refractivity contribution in [3.05, 3.63) is 16.1 Å². The largest absolute Gasteiger partial charge is 0.396 e. The molecule has 1 aliphatic heterocycles. The van der Waals surface area contributed by atoms with Crippen molar-refractivity contribution in [2.45, 2.75) is 52.0 Å². The summed E-state index contributed by atoms with van der Waals surface area (Å²) >= 11 is 1.76. The summed E-state index contributed by atoms with van der Waals surface area (Å²) in [4.78, 5) is 7.27. The van der Waals surface area contributed by atoms with E-state index in [0.717, 1.165) is 18.0 Å². The molecule has 0 saturated carbocycles. The van der Waals surface area contributed by atoms with E-state index in [1.807, 2.05) is 6.92 Å². The molecule has 1 saturated heterocycles. The highest BCUT2D eigenvalue weighted by Gasteiger charge is 2.23. The van der Waals surface area contributed by atoms with Gasteiger partial charge in [-0.1, -0.05) is 6.92 Å². The first-order valence-corrected chi connectivity index (χ1v) is 8.27. The van der Waals surface area contributed by atoms with Gasteiger partial charge in [-0.05, 0) is 39.2 Å². The summed E-state index contributed by atoms with van der Waals surface area (Å²) in [5, 5.41) is 12.5. The molecule has 19 heavy (non-hydrogen) atoms. The Morgan fingerprint density at radius 2 is 2.26 bits per heavy atom. The summed E-state index contributed by atoms with van der Waals surface area (Å²) < 4.78 is 0. The molecule has 2 heterocycles. The maximum atomic E-state index is 9.17. The molecule has 1 aromatic heterocycles. The topological polar surface area (TPSA) is 36.4 Å². The smallest absolute Gasteiger partial charge is 0.0931 e. The Morgan fingerprint density at radius 1 is 1.47 bits per heavy atom. The number of nitrogens with zero attached hydrogens (tertiary/aromatic N) is 2. The zero-order valence-electron chi connectivity index (χ0n) is 12.3. The lowest BCUT2D eigenvalue weighted by Gasteiger charge is -2.35. The Balaban J connectivity index is 1.91. The summed E-state index contributed by atoms with van der Waals surface area (Å²) in [5.41, 5.74) is 1.05. The molecule has 0 amide bonds. The van der Waals surface area contributed by atoms with Crippen molar-refractivity contribution < 1.29 is 5.11 Å². The normalized spacial score (nSPS) is 22.9. The number of aliphatic hydroxyl groups is 1. The molecule has 0 spiro atoms. The standard InChI is InChI=1S/C15H26N2OS/c1-11(2)17-6-4-5-13(8-17)7-15-16-14(10-19-15)12(3)9-18/h10-13,18H,4-9H2,1-3H3. The van der Waals surface area contributed by atoms with E-state index in [-0.39, 0.29) is 12.5 Å². The van der Waals surface area contributed by atoms with Crippen molar-refractivity contribution in [3.63, 3.8) is 0 Å². The predicted octanol–water partition coefficient (Wildman–Crippen LogP) is 2.90. The molecule has 0 bridgehead atoms. The van der Waals surface area contributed by atoms with Gasteiger partial charge in [0, 0.05) is 30.3 Å². The second kappa shape index (κ2) is 6.82. The third-order valence-electron chi connectivity index (χ3n) is 4.09. The quantitative estimate of drug-likeness (QED) is 0.902. The molecule has 1 fully saturated rings. The molecule has 2 rings (SSSR count). The first-order valence-electron chi connectivity index (χ1n) is 7.39. The van der Waals surface area contributed by atoms with Gasteiger partial charge in [-0.2, -0.15) is 0 Å². The van der Waals surface area contributed by atoms with Crippen molar-refractivity contribution in [1.29, 1.82) is 0 Å². The van der Waals surface area contributed by atoms with Crippen LogP contribution in [0.3, 0.4) is 0 Å². The average Bonchev–Trinajstić information content (AvgIpc) is 2.86. The molecule has 1 aliphatic rings. The Morgan fingerprint density at radius 3 is 2.95 bits per heavy atom.